The minimum Gasteiger partial charge on any atom is -0.354 e. The molecule has 1 unspecified atom stereocenters. The maximum Gasteiger partial charge on any atom is 0.271 e. The number of halogens is 3. The Hall–Kier alpha value is -1.04. The molecule has 2 heterocycles. The van der Waals surface area contributed by atoms with Crippen LogP contribution in [0.15, 0.2) is 6.20 Å². The van der Waals surface area contributed by atoms with Gasteiger partial charge in [-0.1, -0.05) is 34.8 Å². The average molecular weight is 323 g/mol. The number of hydrogen-bond donors (Lipinski definition) is 2. The van der Waals surface area contributed by atoms with E-state index in [0.29, 0.717) is 19.4 Å². The molecule has 0 bridgehead atoms. The third kappa shape index (κ3) is 3.29. The average Bonchev–Trinajstić information content (AvgIpc) is 2.39. The minimum atomic E-state index is -0.440. The quantitative estimate of drug-likeness (QED) is 0.875. The highest BCUT2D eigenvalue weighted by Gasteiger charge is 2.23. The summed E-state index contributed by atoms with van der Waals surface area (Å²) in [7, 11) is 0. The zero-order valence-electron chi connectivity index (χ0n) is 9.67. The van der Waals surface area contributed by atoms with Crippen molar-refractivity contribution >= 4 is 46.6 Å². The van der Waals surface area contributed by atoms with Gasteiger partial charge in [-0.2, -0.15) is 0 Å². The number of nitrogens with zero attached hydrogens (tertiary/aromatic N) is 1. The number of pyridine rings is 1. The molecule has 1 aromatic heterocycles. The standard InChI is InChI=1S/C11H10Cl3N3O2/c12-6-4-16-10(9(14)8(6)13)11(19)17-5-1-2-7(18)15-3-5/h4-5H,1-3H2,(H,15,18)(H,17,19). The first-order valence-corrected chi connectivity index (χ1v) is 6.69. The summed E-state index contributed by atoms with van der Waals surface area (Å²) >= 11 is 17.5. The van der Waals surface area contributed by atoms with Crippen LogP contribution < -0.4 is 10.6 Å². The lowest BCUT2D eigenvalue weighted by Gasteiger charge is -2.23. The van der Waals surface area contributed by atoms with Gasteiger partial charge in [0.25, 0.3) is 5.91 Å². The molecule has 5 nitrogen and oxygen atoms in total. The first-order valence-electron chi connectivity index (χ1n) is 5.56. The molecule has 19 heavy (non-hydrogen) atoms. The fourth-order valence-corrected chi connectivity index (χ4v) is 2.28. The summed E-state index contributed by atoms with van der Waals surface area (Å²) in [5, 5.41) is 5.72. The Morgan fingerprint density at radius 1 is 1.37 bits per heavy atom. The molecule has 1 aliphatic rings. The Bertz CT molecular complexity index is 526. The van der Waals surface area contributed by atoms with E-state index >= 15 is 0 Å². The molecule has 2 rings (SSSR count). The monoisotopic (exact) mass is 321 g/mol. The lowest BCUT2D eigenvalue weighted by molar-refractivity contribution is -0.122. The van der Waals surface area contributed by atoms with Crippen molar-refractivity contribution in [2.24, 2.45) is 0 Å². The predicted molar refractivity (Wildman–Crippen MR) is 72.8 cm³/mol. The highest BCUT2D eigenvalue weighted by molar-refractivity contribution is 6.48. The molecule has 0 spiro atoms. The van der Waals surface area contributed by atoms with Crippen molar-refractivity contribution in [3.05, 3.63) is 27.0 Å². The van der Waals surface area contributed by atoms with E-state index in [0.717, 1.165) is 0 Å². The summed E-state index contributed by atoms with van der Waals surface area (Å²) in [6, 6.07) is -0.141. The van der Waals surface area contributed by atoms with E-state index in [4.69, 9.17) is 34.8 Å². The Morgan fingerprint density at radius 3 is 2.74 bits per heavy atom. The van der Waals surface area contributed by atoms with Gasteiger partial charge in [0, 0.05) is 25.2 Å². The van der Waals surface area contributed by atoms with Gasteiger partial charge >= 0.3 is 0 Å². The maximum atomic E-state index is 12.0. The van der Waals surface area contributed by atoms with Crippen molar-refractivity contribution in [2.45, 2.75) is 18.9 Å². The maximum absolute atomic E-state index is 12.0. The van der Waals surface area contributed by atoms with Gasteiger partial charge in [0.05, 0.1) is 15.1 Å². The van der Waals surface area contributed by atoms with Crippen molar-refractivity contribution in [3.63, 3.8) is 0 Å². The third-order valence-electron chi connectivity index (χ3n) is 2.73. The second kappa shape index (κ2) is 5.94. The Balaban J connectivity index is 2.08. The van der Waals surface area contributed by atoms with E-state index < -0.39 is 5.91 Å². The molecule has 1 aliphatic heterocycles. The van der Waals surface area contributed by atoms with Crippen molar-refractivity contribution in [2.75, 3.05) is 6.54 Å². The van der Waals surface area contributed by atoms with Gasteiger partial charge in [0.15, 0.2) is 0 Å². The Morgan fingerprint density at radius 2 is 2.11 bits per heavy atom. The SMILES string of the molecule is O=C1CCC(NC(=O)c2ncc(Cl)c(Cl)c2Cl)CN1. The zero-order chi connectivity index (χ0) is 14.0. The largest absolute Gasteiger partial charge is 0.354 e. The van der Waals surface area contributed by atoms with Crippen molar-refractivity contribution in [3.8, 4) is 0 Å². The van der Waals surface area contributed by atoms with Gasteiger partial charge in [-0.05, 0) is 6.42 Å². The fraction of sp³-hybridized carbons (Fsp3) is 0.364. The molecule has 0 aliphatic carbocycles. The summed E-state index contributed by atoms with van der Waals surface area (Å²) in [4.78, 5) is 26.9. The normalized spacial score (nSPS) is 18.9. The van der Waals surface area contributed by atoms with Crippen LogP contribution in [-0.4, -0.2) is 29.4 Å². The van der Waals surface area contributed by atoms with Crippen molar-refractivity contribution in [1.82, 2.24) is 15.6 Å². The molecule has 2 amide bonds. The number of carbonyl (C=O) groups excluding carboxylic acids is 2. The number of amides is 2. The van der Waals surface area contributed by atoms with Crippen LogP contribution in [0, 0.1) is 0 Å². The van der Waals surface area contributed by atoms with Crippen LogP contribution >= 0.6 is 34.8 Å². The number of hydrogen-bond acceptors (Lipinski definition) is 3. The second-order valence-electron chi connectivity index (χ2n) is 4.10. The lowest BCUT2D eigenvalue weighted by atomic mass is 10.1. The van der Waals surface area contributed by atoms with E-state index in [-0.39, 0.29) is 32.7 Å². The molecule has 1 fully saturated rings. The van der Waals surface area contributed by atoms with Crippen LogP contribution in [0.5, 0.6) is 0 Å². The summed E-state index contributed by atoms with van der Waals surface area (Å²) in [6.07, 6.45) is 2.23. The summed E-state index contributed by atoms with van der Waals surface area (Å²) in [5.41, 5.74) is 0.0213. The molecular formula is C11H10Cl3N3O2. The van der Waals surface area contributed by atoms with Crippen molar-refractivity contribution < 1.29 is 9.59 Å². The lowest BCUT2D eigenvalue weighted by Crippen LogP contribution is -2.47. The number of rotatable bonds is 2. The summed E-state index contributed by atoms with van der Waals surface area (Å²) < 4.78 is 0. The number of nitrogens with one attached hydrogen (secondary N) is 2. The zero-order valence-corrected chi connectivity index (χ0v) is 11.9. The number of piperidine rings is 1. The predicted octanol–water partition coefficient (Wildman–Crippen LogP) is 2.05. The van der Waals surface area contributed by atoms with Crippen LogP contribution in [0.4, 0.5) is 0 Å². The van der Waals surface area contributed by atoms with Gasteiger partial charge < -0.3 is 10.6 Å². The molecule has 1 saturated heterocycles. The molecule has 8 heteroatoms. The number of carbonyl (C=O) groups is 2. The van der Waals surface area contributed by atoms with Crippen LogP contribution in [0.25, 0.3) is 0 Å². The molecule has 0 aromatic carbocycles. The van der Waals surface area contributed by atoms with Gasteiger partial charge in [-0.3, -0.25) is 9.59 Å². The molecule has 2 N–H and O–H groups in total. The number of aromatic nitrogens is 1. The van der Waals surface area contributed by atoms with E-state index in [2.05, 4.69) is 15.6 Å². The van der Waals surface area contributed by atoms with Crippen LogP contribution in [0.3, 0.4) is 0 Å². The van der Waals surface area contributed by atoms with Gasteiger partial charge in [0.2, 0.25) is 5.91 Å². The molecular weight excluding hydrogens is 312 g/mol. The smallest absolute Gasteiger partial charge is 0.271 e. The Labute approximate surface area is 124 Å². The first-order chi connectivity index (χ1) is 8.99. The fourth-order valence-electron chi connectivity index (χ4n) is 1.71. The summed E-state index contributed by atoms with van der Waals surface area (Å²) in [6.45, 7) is 0.392. The first kappa shape index (κ1) is 14.4. The molecule has 0 saturated carbocycles. The molecule has 0 radical (unpaired) electrons. The topological polar surface area (TPSA) is 71.1 Å². The Kier molecular flexibility index (Phi) is 4.50. The van der Waals surface area contributed by atoms with Gasteiger partial charge in [0.1, 0.15) is 5.69 Å². The summed E-state index contributed by atoms with van der Waals surface area (Å²) in [5.74, 6) is -0.457. The third-order valence-corrected chi connectivity index (χ3v) is 3.97. The second-order valence-corrected chi connectivity index (χ2v) is 5.26. The highest BCUT2D eigenvalue weighted by Crippen LogP contribution is 2.31. The van der Waals surface area contributed by atoms with E-state index in [1.54, 1.807) is 0 Å². The van der Waals surface area contributed by atoms with E-state index in [1.165, 1.54) is 6.20 Å². The van der Waals surface area contributed by atoms with Gasteiger partial charge in [-0.25, -0.2) is 4.98 Å². The van der Waals surface area contributed by atoms with Crippen LogP contribution in [0.1, 0.15) is 23.3 Å². The van der Waals surface area contributed by atoms with Gasteiger partial charge in [-0.15, -0.1) is 0 Å². The molecule has 1 aromatic rings. The minimum absolute atomic E-state index is 0.0174. The van der Waals surface area contributed by atoms with E-state index in [9.17, 15) is 9.59 Å². The van der Waals surface area contributed by atoms with Crippen molar-refractivity contribution in [1.29, 1.82) is 0 Å². The van der Waals surface area contributed by atoms with Crippen LogP contribution in [-0.2, 0) is 4.79 Å². The van der Waals surface area contributed by atoms with Crippen LogP contribution in [0.2, 0.25) is 15.1 Å². The molecule has 1 atom stereocenters. The van der Waals surface area contributed by atoms with E-state index in [1.807, 2.05) is 0 Å². The highest BCUT2D eigenvalue weighted by atomic mass is 35.5. The molecule has 102 valence electrons.